The summed E-state index contributed by atoms with van der Waals surface area (Å²) in [5, 5.41) is 9.80. The Morgan fingerprint density at radius 3 is 2.83 bits per heavy atom. The van der Waals surface area contributed by atoms with Gasteiger partial charge in [0.2, 0.25) is 5.88 Å². The Morgan fingerprint density at radius 1 is 1.40 bits per heavy atom. The average Bonchev–Trinajstić information content (AvgIpc) is 3.23. The van der Waals surface area contributed by atoms with Crippen LogP contribution < -0.4 is 20.8 Å². The van der Waals surface area contributed by atoms with Gasteiger partial charge in [-0.1, -0.05) is 6.07 Å². The molecule has 2 aromatic rings. The van der Waals surface area contributed by atoms with E-state index in [0.717, 1.165) is 28.6 Å². The van der Waals surface area contributed by atoms with Crippen LogP contribution >= 0.6 is 15.9 Å². The maximum absolute atomic E-state index is 13.6. The molecule has 3 heterocycles. The van der Waals surface area contributed by atoms with Crippen molar-refractivity contribution in [2.24, 2.45) is 5.73 Å². The van der Waals surface area contributed by atoms with E-state index in [0.29, 0.717) is 30.2 Å². The molecule has 0 spiro atoms. The summed E-state index contributed by atoms with van der Waals surface area (Å²) in [6, 6.07) is 9.40. The lowest BCUT2D eigenvalue weighted by atomic mass is 9.84. The van der Waals surface area contributed by atoms with E-state index in [-0.39, 0.29) is 23.1 Å². The molecule has 1 aromatic carbocycles. The predicted octanol–water partition coefficient (Wildman–Crippen LogP) is 3.33. The minimum Gasteiger partial charge on any atom is -0.496 e. The van der Waals surface area contributed by atoms with Crippen molar-refractivity contribution < 1.29 is 14.2 Å². The van der Waals surface area contributed by atoms with Crippen molar-refractivity contribution in [2.75, 3.05) is 13.7 Å². The largest absolute Gasteiger partial charge is 0.496 e. The number of pyridine rings is 1. The first kappa shape index (κ1) is 20.5. The fraction of sp³-hybridized carbons (Fsp3) is 0.364. The number of hydrogen-bond donors (Lipinski definition) is 1. The first-order valence-corrected chi connectivity index (χ1v) is 10.5. The van der Waals surface area contributed by atoms with Gasteiger partial charge in [-0.05, 0) is 53.4 Å². The highest BCUT2D eigenvalue weighted by atomic mass is 79.9. The van der Waals surface area contributed by atoms with Crippen LogP contribution in [-0.4, -0.2) is 24.4 Å². The van der Waals surface area contributed by atoms with Gasteiger partial charge < -0.3 is 24.5 Å². The van der Waals surface area contributed by atoms with Crippen molar-refractivity contribution in [2.45, 2.75) is 38.3 Å². The fourth-order valence-electron chi connectivity index (χ4n) is 4.10. The zero-order chi connectivity index (χ0) is 21.4. The van der Waals surface area contributed by atoms with Gasteiger partial charge in [-0.3, -0.25) is 4.79 Å². The minimum absolute atomic E-state index is 0.00795. The molecule has 2 unspecified atom stereocenters. The molecule has 4 rings (SSSR count). The molecule has 2 aliphatic rings. The van der Waals surface area contributed by atoms with Gasteiger partial charge in [0.25, 0.3) is 5.56 Å². The number of ether oxygens (including phenoxy) is 3. The second-order valence-corrected chi connectivity index (χ2v) is 8.29. The molecule has 1 fully saturated rings. The van der Waals surface area contributed by atoms with Gasteiger partial charge in [0, 0.05) is 18.4 Å². The van der Waals surface area contributed by atoms with Crippen LogP contribution in [0.25, 0.3) is 0 Å². The number of nitriles is 1. The highest BCUT2D eigenvalue weighted by Gasteiger charge is 2.35. The monoisotopic (exact) mass is 471 g/mol. The molecular formula is C22H22BrN3O4. The number of nitrogens with two attached hydrogens (primary N) is 1. The molecule has 1 saturated heterocycles. The Hall–Kier alpha value is -2.76. The summed E-state index contributed by atoms with van der Waals surface area (Å²) in [4.78, 5) is 13.6. The van der Waals surface area contributed by atoms with E-state index in [2.05, 4.69) is 22.0 Å². The van der Waals surface area contributed by atoms with E-state index < -0.39 is 5.92 Å². The third kappa shape index (κ3) is 3.48. The van der Waals surface area contributed by atoms with Crippen molar-refractivity contribution in [3.8, 4) is 17.6 Å². The van der Waals surface area contributed by atoms with E-state index in [1.807, 2.05) is 19.1 Å². The molecule has 0 saturated carbocycles. The standard InChI is InChI=1S/C22H22BrN3O4/c1-12-8-18-20(22(27)26(12)11-14-4-3-7-29-14)19(15(10-24)21(25)30-18)13-5-6-17(28-2)16(23)9-13/h5-6,8-9,14,19H,3-4,7,11,25H2,1-2H3. The number of fused-ring (bicyclic) bond motifs is 1. The lowest BCUT2D eigenvalue weighted by Crippen LogP contribution is -2.35. The van der Waals surface area contributed by atoms with Crippen LogP contribution in [0, 0.1) is 18.3 Å². The van der Waals surface area contributed by atoms with Gasteiger partial charge >= 0.3 is 0 Å². The second kappa shape index (κ2) is 8.17. The van der Waals surface area contributed by atoms with E-state index in [1.165, 1.54) is 0 Å². The number of benzene rings is 1. The molecule has 0 radical (unpaired) electrons. The predicted molar refractivity (Wildman–Crippen MR) is 114 cm³/mol. The van der Waals surface area contributed by atoms with Crippen LogP contribution in [0.4, 0.5) is 0 Å². The molecule has 0 bridgehead atoms. The fourth-order valence-corrected chi connectivity index (χ4v) is 4.66. The van der Waals surface area contributed by atoms with E-state index in [4.69, 9.17) is 19.9 Å². The van der Waals surface area contributed by atoms with Gasteiger partial charge in [-0.25, -0.2) is 0 Å². The van der Waals surface area contributed by atoms with Crippen LogP contribution in [0.3, 0.4) is 0 Å². The summed E-state index contributed by atoms with van der Waals surface area (Å²) >= 11 is 3.49. The summed E-state index contributed by atoms with van der Waals surface area (Å²) < 4.78 is 19.2. The summed E-state index contributed by atoms with van der Waals surface area (Å²) in [5.41, 5.74) is 7.99. The van der Waals surface area contributed by atoms with Crippen molar-refractivity contribution in [1.82, 2.24) is 4.57 Å². The number of rotatable bonds is 4. The second-order valence-electron chi connectivity index (χ2n) is 7.43. The molecule has 2 N–H and O–H groups in total. The molecule has 156 valence electrons. The number of aryl methyl sites for hydroxylation is 1. The number of halogens is 1. The molecule has 0 aliphatic carbocycles. The normalized spacial score (nSPS) is 20.5. The van der Waals surface area contributed by atoms with Gasteiger partial charge in [-0.2, -0.15) is 5.26 Å². The van der Waals surface area contributed by atoms with Crippen molar-refractivity contribution in [3.05, 3.63) is 67.4 Å². The Bertz CT molecular complexity index is 1130. The molecular weight excluding hydrogens is 450 g/mol. The maximum Gasteiger partial charge on any atom is 0.258 e. The van der Waals surface area contributed by atoms with Gasteiger partial charge in [0.15, 0.2) is 0 Å². The molecule has 8 heteroatoms. The summed E-state index contributed by atoms with van der Waals surface area (Å²) in [6.45, 7) is 3.05. The average molecular weight is 472 g/mol. The minimum atomic E-state index is -0.634. The van der Waals surface area contributed by atoms with Gasteiger partial charge in [0.1, 0.15) is 23.1 Å². The van der Waals surface area contributed by atoms with Gasteiger partial charge in [-0.15, -0.1) is 0 Å². The van der Waals surface area contributed by atoms with Crippen LogP contribution in [0.1, 0.15) is 35.6 Å². The molecule has 0 amide bonds. The lowest BCUT2D eigenvalue weighted by Gasteiger charge is -2.28. The molecule has 30 heavy (non-hydrogen) atoms. The third-order valence-electron chi connectivity index (χ3n) is 5.61. The zero-order valence-corrected chi connectivity index (χ0v) is 18.4. The Kier molecular flexibility index (Phi) is 5.58. The first-order valence-electron chi connectivity index (χ1n) is 9.71. The van der Waals surface area contributed by atoms with E-state index in [9.17, 15) is 10.1 Å². The quantitative estimate of drug-likeness (QED) is 0.733. The van der Waals surface area contributed by atoms with Crippen LogP contribution in [0.2, 0.25) is 0 Å². The smallest absolute Gasteiger partial charge is 0.258 e. The Morgan fingerprint density at radius 2 is 2.20 bits per heavy atom. The van der Waals surface area contributed by atoms with Gasteiger partial charge in [0.05, 0.1) is 35.7 Å². The van der Waals surface area contributed by atoms with E-state index in [1.54, 1.807) is 23.8 Å². The Balaban J connectivity index is 1.89. The molecule has 1 aromatic heterocycles. The van der Waals surface area contributed by atoms with Crippen molar-refractivity contribution in [3.63, 3.8) is 0 Å². The zero-order valence-electron chi connectivity index (χ0n) is 16.8. The number of allylic oxidation sites excluding steroid dienone is 1. The topological polar surface area (TPSA) is 99.5 Å². The highest BCUT2D eigenvalue weighted by Crippen LogP contribution is 2.42. The first-order chi connectivity index (χ1) is 14.4. The van der Waals surface area contributed by atoms with Crippen molar-refractivity contribution >= 4 is 15.9 Å². The number of hydrogen-bond acceptors (Lipinski definition) is 6. The summed E-state index contributed by atoms with van der Waals surface area (Å²) in [6.07, 6.45) is 1.92. The van der Waals surface area contributed by atoms with Crippen LogP contribution in [0.15, 0.2) is 45.0 Å². The van der Waals surface area contributed by atoms with Crippen molar-refractivity contribution in [1.29, 1.82) is 5.26 Å². The number of aromatic nitrogens is 1. The molecule has 7 nitrogen and oxygen atoms in total. The molecule has 2 aliphatic heterocycles. The summed E-state index contributed by atoms with van der Waals surface area (Å²) in [5.74, 6) is 0.415. The lowest BCUT2D eigenvalue weighted by molar-refractivity contribution is 0.0955. The maximum atomic E-state index is 13.6. The van der Waals surface area contributed by atoms with Crippen LogP contribution in [-0.2, 0) is 11.3 Å². The SMILES string of the molecule is COc1ccc(C2C(C#N)=C(N)Oc3cc(C)n(CC4CCCO4)c(=O)c32)cc1Br. The third-order valence-corrected chi connectivity index (χ3v) is 6.23. The number of methoxy groups -OCH3 is 1. The molecule has 2 atom stereocenters. The number of nitrogens with zero attached hydrogens (tertiary/aromatic N) is 2. The highest BCUT2D eigenvalue weighted by molar-refractivity contribution is 9.10. The summed E-state index contributed by atoms with van der Waals surface area (Å²) in [7, 11) is 1.58. The van der Waals surface area contributed by atoms with Crippen LogP contribution in [0.5, 0.6) is 11.5 Å². The van der Waals surface area contributed by atoms with E-state index >= 15 is 0 Å². The Labute approximate surface area is 182 Å².